The summed E-state index contributed by atoms with van der Waals surface area (Å²) in [5, 5.41) is 11.6. The summed E-state index contributed by atoms with van der Waals surface area (Å²) in [6.07, 6.45) is 4.42. The summed E-state index contributed by atoms with van der Waals surface area (Å²) in [6, 6.07) is 0. The minimum absolute atomic E-state index is 0.00419. The number of hydrogen-bond acceptors (Lipinski definition) is 4. The van der Waals surface area contributed by atoms with Crippen molar-refractivity contribution in [2.75, 3.05) is 0 Å². The molecule has 0 unspecified atom stereocenters. The molecule has 0 aromatic heterocycles. The average Bonchev–Trinajstić information content (AvgIpc) is 2.87. The van der Waals surface area contributed by atoms with E-state index in [0.717, 1.165) is 19.3 Å². The maximum Gasteiger partial charge on any atom is 0.137 e. The van der Waals surface area contributed by atoms with Crippen molar-refractivity contribution < 1.29 is 19.5 Å². The lowest BCUT2D eigenvalue weighted by Gasteiger charge is -2.64. The monoisotopic (exact) mass is 360 g/mol. The molecule has 0 amide bonds. The fourth-order valence-corrected chi connectivity index (χ4v) is 7.95. The molecule has 8 atom stereocenters. The van der Waals surface area contributed by atoms with Gasteiger partial charge in [0.2, 0.25) is 0 Å². The fourth-order valence-electron chi connectivity index (χ4n) is 7.95. The van der Waals surface area contributed by atoms with Crippen LogP contribution in [0.25, 0.3) is 0 Å². The minimum Gasteiger partial charge on any atom is -0.389 e. The van der Waals surface area contributed by atoms with Crippen LogP contribution in [-0.4, -0.2) is 28.1 Å². The maximum atomic E-state index is 13.4. The van der Waals surface area contributed by atoms with Gasteiger partial charge in [0.25, 0.3) is 0 Å². The Morgan fingerprint density at radius 1 is 1.15 bits per heavy atom. The lowest BCUT2D eigenvalue weighted by molar-refractivity contribution is -0.222. The number of ketones is 3. The summed E-state index contributed by atoms with van der Waals surface area (Å²) in [7, 11) is 0. The number of aliphatic hydroxyl groups is 1. The van der Waals surface area contributed by atoms with Gasteiger partial charge in [0.1, 0.15) is 17.3 Å². The topological polar surface area (TPSA) is 71.4 Å². The number of carbonyl (C=O) groups is 3. The first-order valence-corrected chi connectivity index (χ1v) is 10.3. The maximum absolute atomic E-state index is 13.4. The fraction of sp³-hybridized carbons (Fsp3) is 0.864. The number of fused-ring (bicyclic) bond motifs is 5. The van der Waals surface area contributed by atoms with E-state index in [0.29, 0.717) is 25.2 Å². The van der Waals surface area contributed by atoms with Crippen molar-refractivity contribution in [3.05, 3.63) is 0 Å². The minimum atomic E-state index is -1.06. The summed E-state index contributed by atoms with van der Waals surface area (Å²) in [5.74, 6) is 1.01. The van der Waals surface area contributed by atoms with Gasteiger partial charge in [0.15, 0.2) is 0 Å². The highest BCUT2D eigenvalue weighted by Gasteiger charge is 2.69. The van der Waals surface area contributed by atoms with Crippen LogP contribution in [0.5, 0.6) is 0 Å². The summed E-state index contributed by atoms with van der Waals surface area (Å²) in [6.45, 7) is 7.94. The molecule has 4 saturated carbocycles. The molecule has 4 aliphatic carbocycles. The van der Waals surface area contributed by atoms with Crippen LogP contribution in [0.2, 0.25) is 0 Å². The van der Waals surface area contributed by atoms with Gasteiger partial charge in [-0.3, -0.25) is 14.4 Å². The molecule has 26 heavy (non-hydrogen) atoms. The number of carbonyl (C=O) groups excluding carboxylic acids is 3. The Balaban J connectivity index is 1.77. The Hall–Kier alpha value is -1.03. The smallest absolute Gasteiger partial charge is 0.137 e. The third kappa shape index (κ3) is 2.08. The second-order valence-electron chi connectivity index (χ2n) is 10.3. The summed E-state index contributed by atoms with van der Waals surface area (Å²) in [5.41, 5.74) is -1.80. The van der Waals surface area contributed by atoms with E-state index in [1.807, 2.05) is 0 Å². The third-order valence-corrected chi connectivity index (χ3v) is 9.25. The van der Waals surface area contributed by atoms with E-state index in [4.69, 9.17) is 0 Å². The van der Waals surface area contributed by atoms with Gasteiger partial charge in [-0.1, -0.05) is 20.8 Å². The van der Waals surface area contributed by atoms with Crippen LogP contribution in [0, 0.1) is 40.4 Å². The zero-order valence-corrected chi connectivity index (χ0v) is 16.5. The zero-order chi connectivity index (χ0) is 19.1. The van der Waals surface area contributed by atoms with Gasteiger partial charge >= 0.3 is 0 Å². The molecule has 0 saturated heterocycles. The molecule has 4 fully saturated rings. The molecule has 0 radical (unpaired) electrons. The van der Waals surface area contributed by atoms with Crippen LogP contribution >= 0.6 is 0 Å². The van der Waals surface area contributed by atoms with Crippen LogP contribution in [0.4, 0.5) is 0 Å². The number of hydrogen-bond donors (Lipinski definition) is 1. The summed E-state index contributed by atoms with van der Waals surface area (Å²) >= 11 is 0. The van der Waals surface area contributed by atoms with E-state index in [9.17, 15) is 19.5 Å². The summed E-state index contributed by atoms with van der Waals surface area (Å²) < 4.78 is 0. The SMILES string of the molecule is CC(=O)[C@H]1CC[C@H]2[C@@H]3C[C@@H](C)[C@@]4(O)CC(=O)CC[C@]4(C)[C@H]3C(=O)C[C@]12C. The van der Waals surface area contributed by atoms with E-state index in [-0.39, 0.29) is 52.9 Å². The van der Waals surface area contributed by atoms with Crippen LogP contribution in [0.1, 0.15) is 72.6 Å². The third-order valence-electron chi connectivity index (χ3n) is 9.25. The molecular weight excluding hydrogens is 328 g/mol. The van der Waals surface area contributed by atoms with Gasteiger partial charge in [-0.25, -0.2) is 0 Å². The first-order valence-electron chi connectivity index (χ1n) is 10.3. The van der Waals surface area contributed by atoms with E-state index >= 15 is 0 Å². The van der Waals surface area contributed by atoms with Crippen LogP contribution in [0.15, 0.2) is 0 Å². The molecule has 0 aromatic rings. The number of rotatable bonds is 1. The van der Waals surface area contributed by atoms with Crippen LogP contribution in [-0.2, 0) is 14.4 Å². The zero-order valence-electron chi connectivity index (χ0n) is 16.5. The van der Waals surface area contributed by atoms with E-state index in [2.05, 4.69) is 20.8 Å². The molecular formula is C22H32O4. The largest absolute Gasteiger partial charge is 0.389 e. The predicted molar refractivity (Wildman–Crippen MR) is 97.3 cm³/mol. The number of Topliss-reactive ketones (excluding diaryl/α,β-unsaturated/α-hetero) is 3. The molecule has 4 heteroatoms. The highest BCUT2D eigenvalue weighted by molar-refractivity contribution is 5.88. The Morgan fingerprint density at radius 3 is 2.50 bits per heavy atom. The Labute approximate surface area is 156 Å². The van der Waals surface area contributed by atoms with Crippen molar-refractivity contribution in [2.24, 2.45) is 40.4 Å². The van der Waals surface area contributed by atoms with E-state index < -0.39 is 11.0 Å². The molecule has 0 spiro atoms. The molecule has 4 rings (SSSR count). The lowest BCUT2D eigenvalue weighted by atomic mass is 9.41. The van der Waals surface area contributed by atoms with Gasteiger partial charge < -0.3 is 5.11 Å². The molecule has 144 valence electrons. The van der Waals surface area contributed by atoms with Crippen molar-refractivity contribution in [3.63, 3.8) is 0 Å². The van der Waals surface area contributed by atoms with Crippen LogP contribution in [0.3, 0.4) is 0 Å². The van der Waals surface area contributed by atoms with Crippen molar-refractivity contribution >= 4 is 17.3 Å². The first kappa shape index (κ1) is 18.3. The van der Waals surface area contributed by atoms with E-state index in [1.165, 1.54) is 0 Å². The highest BCUT2D eigenvalue weighted by atomic mass is 16.3. The standard InChI is InChI=1S/C22H32O4/c1-12-9-15-17-6-5-16(13(2)23)20(17,3)11-18(25)19(15)21(4)8-7-14(24)10-22(12,21)26/h12,15-17,19,26H,5-11H2,1-4H3/t12-,15+,16-,17+,19-,20-,21-,22+/m1/s1. The van der Waals surface area contributed by atoms with Gasteiger partial charge in [-0.2, -0.15) is 0 Å². The van der Waals surface area contributed by atoms with Crippen LogP contribution < -0.4 is 0 Å². The second-order valence-corrected chi connectivity index (χ2v) is 10.3. The molecule has 0 aromatic carbocycles. The van der Waals surface area contributed by atoms with Crippen molar-refractivity contribution in [1.82, 2.24) is 0 Å². The van der Waals surface area contributed by atoms with E-state index in [1.54, 1.807) is 6.92 Å². The quantitative estimate of drug-likeness (QED) is 0.778. The molecule has 0 aliphatic heterocycles. The lowest BCUT2D eigenvalue weighted by Crippen LogP contribution is -2.67. The average molecular weight is 360 g/mol. The Bertz CT molecular complexity index is 684. The van der Waals surface area contributed by atoms with Crippen molar-refractivity contribution in [1.29, 1.82) is 0 Å². The molecule has 1 N–H and O–H groups in total. The van der Waals surface area contributed by atoms with Crippen molar-refractivity contribution in [3.8, 4) is 0 Å². The molecule has 0 heterocycles. The van der Waals surface area contributed by atoms with Crippen molar-refractivity contribution in [2.45, 2.75) is 78.2 Å². The van der Waals surface area contributed by atoms with Gasteiger partial charge in [-0.15, -0.1) is 0 Å². The molecule has 4 nitrogen and oxygen atoms in total. The molecule has 4 aliphatic rings. The normalized spacial score (nSPS) is 53.7. The first-order chi connectivity index (χ1) is 12.0. The second kappa shape index (κ2) is 5.50. The van der Waals surface area contributed by atoms with Gasteiger partial charge in [0, 0.05) is 36.5 Å². The molecule has 0 bridgehead atoms. The Morgan fingerprint density at radius 2 is 1.85 bits per heavy atom. The Kier molecular flexibility index (Phi) is 3.88. The van der Waals surface area contributed by atoms with Gasteiger partial charge in [0.05, 0.1) is 5.60 Å². The highest BCUT2D eigenvalue weighted by Crippen LogP contribution is 2.68. The predicted octanol–water partition coefficient (Wildman–Crippen LogP) is 3.34. The summed E-state index contributed by atoms with van der Waals surface area (Å²) in [4.78, 5) is 37.8. The van der Waals surface area contributed by atoms with Gasteiger partial charge in [-0.05, 0) is 55.8 Å².